The maximum Gasteiger partial charge on any atom is 1.00 e. The van der Waals surface area contributed by atoms with Gasteiger partial charge >= 0.3 is 29.6 Å². The Kier molecular flexibility index (Phi) is 23.2. The minimum absolute atomic E-state index is 0. The van der Waals surface area contributed by atoms with E-state index in [1.54, 1.807) is 0 Å². The van der Waals surface area contributed by atoms with E-state index in [9.17, 15) is 9.90 Å². The molecule has 0 aliphatic carbocycles. The quantitative estimate of drug-likeness (QED) is 0.201. The molecule has 2 unspecified atom stereocenters. The molecule has 3 nitrogen and oxygen atoms in total. The Balaban J connectivity index is 0. The second kappa shape index (κ2) is 21.6. The third kappa shape index (κ3) is 15.8. The monoisotopic (exact) mass is 401 g/mol. The van der Waals surface area contributed by atoms with Crippen molar-refractivity contribution < 1.29 is 39.5 Å². The third-order valence-electron chi connectivity index (χ3n) is 5.29. The van der Waals surface area contributed by atoms with Crippen molar-refractivity contribution in [3.63, 3.8) is 0 Å². The van der Waals surface area contributed by atoms with Crippen molar-refractivity contribution in [1.29, 1.82) is 0 Å². The fourth-order valence-electron chi connectivity index (χ4n) is 3.55. The maximum atomic E-state index is 11.4. The van der Waals surface area contributed by atoms with E-state index in [-0.39, 0.29) is 48.2 Å². The van der Waals surface area contributed by atoms with Gasteiger partial charge < -0.3 is 9.90 Å². The van der Waals surface area contributed by atoms with Gasteiger partial charge in [-0.2, -0.15) is 0 Å². The van der Waals surface area contributed by atoms with Crippen LogP contribution in [0.3, 0.4) is 0 Å². The van der Waals surface area contributed by atoms with Gasteiger partial charge in [-0.25, -0.2) is 0 Å². The topological polar surface area (TPSA) is 43.4 Å². The molecule has 0 bridgehead atoms. The Labute approximate surface area is 197 Å². The van der Waals surface area contributed by atoms with E-state index in [4.69, 9.17) is 0 Å². The number of carboxylic acids is 1. The molecule has 0 aromatic heterocycles. The van der Waals surface area contributed by atoms with Crippen LogP contribution < -0.4 is 34.7 Å². The van der Waals surface area contributed by atoms with Crippen molar-refractivity contribution in [2.24, 2.45) is 0 Å². The largest absolute Gasteiger partial charge is 1.00 e. The molecule has 4 heteroatoms. The second-order valence-electron chi connectivity index (χ2n) is 7.57. The molecule has 0 amide bonds. The number of nitrogens with zero attached hydrogens (tertiary/aromatic N) is 1. The minimum Gasteiger partial charge on any atom is -0.549 e. The first-order valence-electron chi connectivity index (χ1n) is 11.4. The van der Waals surface area contributed by atoms with Gasteiger partial charge in [0.2, 0.25) is 0 Å². The van der Waals surface area contributed by atoms with E-state index in [0.29, 0.717) is 0 Å². The summed E-state index contributed by atoms with van der Waals surface area (Å²) in [7, 11) is 0. The van der Waals surface area contributed by atoms with Crippen molar-refractivity contribution in [2.75, 3.05) is 6.54 Å². The maximum absolute atomic E-state index is 11.4. The molecule has 158 valence electrons. The molecule has 0 saturated heterocycles. The van der Waals surface area contributed by atoms with E-state index < -0.39 is 5.97 Å². The number of aliphatic carboxylic acids is 1. The molecule has 0 aliphatic rings. The van der Waals surface area contributed by atoms with Crippen LogP contribution in [0.4, 0.5) is 0 Å². The molecule has 28 heavy (non-hydrogen) atoms. The summed E-state index contributed by atoms with van der Waals surface area (Å²) in [6.07, 6.45) is 22.6. The smallest absolute Gasteiger partial charge is 0.549 e. The normalized spacial score (nSPS) is 13.9. The molecule has 2 atom stereocenters. The summed E-state index contributed by atoms with van der Waals surface area (Å²) in [6, 6.07) is 0.535. The zero-order valence-corrected chi connectivity index (χ0v) is 21.4. The van der Waals surface area contributed by atoms with Crippen LogP contribution in [-0.2, 0) is 4.79 Å². The van der Waals surface area contributed by atoms with E-state index in [2.05, 4.69) is 56.9 Å². The van der Waals surface area contributed by atoms with Crippen LogP contribution in [0, 0.1) is 0 Å². The van der Waals surface area contributed by atoms with E-state index in [1.807, 2.05) is 0 Å². The van der Waals surface area contributed by atoms with Gasteiger partial charge in [-0.15, -0.1) is 0 Å². The number of allylic oxidation sites excluding steroid dienone is 2. The van der Waals surface area contributed by atoms with Crippen molar-refractivity contribution in [3.8, 4) is 0 Å². The predicted octanol–water partition coefficient (Wildman–Crippen LogP) is 2.65. The fraction of sp³-hybridized carbons (Fsp3) is 0.792. The molecule has 0 N–H and O–H groups in total. The van der Waals surface area contributed by atoms with Gasteiger partial charge in [0.05, 0.1) is 5.97 Å². The van der Waals surface area contributed by atoms with Crippen molar-refractivity contribution in [3.05, 3.63) is 24.3 Å². The summed E-state index contributed by atoms with van der Waals surface area (Å²) in [5.74, 6) is -0.967. The number of carboxylic acid groups (broad SMARTS) is 1. The molecular weight excluding hydrogens is 357 g/mol. The molecule has 0 heterocycles. The molecular formula is C24H44NNaO2. The molecule has 0 radical (unpaired) electrons. The summed E-state index contributed by atoms with van der Waals surface area (Å²) in [5, 5.41) is 11.4. The van der Waals surface area contributed by atoms with E-state index in [0.717, 1.165) is 38.5 Å². The minimum atomic E-state index is -0.967. The van der Waals surface area contributed by atoms with Crippen LogP contribution in [0.25, 0.3) is 0 Å². The van der Waals surface area contributed by atoms with E-state index >= 15 is 0 Å². The van der Waals surface area contributed by atoms with Crippen LogP contribution in [0.2, 0.25) is 0 Å². The van der Waals surface area contributed by atoms with Crippen LogP contribution in [0.5, 0.6) is 0 Å². The van der Waals surface area contributed by atoms with Gasteiger partial charge in [0.25, 0.3) is 0 Å². The first-order valence-corrected chi connectivity index (χ1v) is 11.4. The van der Waals surface area contributed by atoms with E-state index in [1.165, 1.54) is 38.5 Å². The van der Waals surface area contributed by atoms with Crippen LogP contribution >= 0.6 is 0 Å². The van der Waals surface area contributed by atoms with Gasteiger partial charge in [-0.1, -0.05) is 77.7 Å². The zero-order valence-electron chi connectivity index (χ0n) is 19.4. The van der Waals surface area contributed by atoms with Crippen LogP contribution in [0.15, 0.2) is 24.3 Å². The summed E-state index contributed by atoms with van der Waals surface area (Å²) >= 11 is 0. The standard InChI is InChI=1S/C24H45NO2.Na/c1-5-9-11-13-15-17-19-22(7-3)25(21-24(26)27)23(8-4)20-18-16-14-12-10-6-2;/h15-18,22-23H,5-14,19-21H2,1-4H3,(H,26,27);/q;+1/p-1/b17-15+,18-16+;. The van der Waals surface area contributed by atoms with Crippen molar-refractivity contribution in [2.45, 2.75) is 117 Å². The Hall–Kier alpha value is -0.0900. The van der Waals surface area contributed by atoms with Crippen LogP contribution in [0.1, 0.15) is 105 Å². The Bertz CT molecular complexity index is 379. The number of carbonyl (C=O) groups excluding carboxylic acids is 1. The van der Waals surface area contributed by atoms with Gasteiger partial charge in [-0.3, -0.25) is 4.90 Å². The molecule has 0 aromatic carbocycles. The summed E-state index contributed by atoms with van der Waals surface area (Å²) in [6.45, 7) is 8.79. The number of carbonyl (C=O) groups is 1. The first-order chi connectivity index (χ1) is 13.1. The molecule has 0 spiro atoms. The third-order valence-corrected chi connectivity index (χ3v) is 5.29. The number of rotatable bonds is 18. The zero-order chi connectivity index (χ0) is 20.3. The Morgan fingerprint density at radius 1 is 0.786 bits per heavy atom. The van der Waals surface area contributed by atoms with Crippen molar-refractivity contribution in [1.82, 2.24) is 4.90 Å². The molecule has 0 aromatic rings. The SMILES string of the molecule is CCCCC/C=C/CC(CC)N(CC(=O)[O-])C(CC)C/C=C/CCCCC.[Na+]. The summed E-state index contributed by atoms with van der Waals surface area (Å²) in [4.78, 5) is 13.5. The first kappa shape index (κ1) is 30.1. The summed E-state index contributed by atoms with van der Waals surface area (Å²) < 4.78 is 0. The van der Waals surface area contributed by atoms with Gasteiger partial charge in [0, 0.05) is 18.6 Å². The number of hydrogen-bond donors (Lipinski definition) is 0. The average molecular weight is 402 g/mol. The molecule has 0 saturated carbocycles. The van der Waals surface area contributed by atoms with Gasteiger partial charge in [0.15, 0.2) is 0 Å². The average Bonchev–Trinajstić information content (AvgIpc) is 2.65. The molecule has 0 aliphatic heterocycles. The Morgan fingerprint density at radius 3 is 1.54 bits per heavy atom. The number of hydrogen-bond acceptors (Lipinski definition) is 3. The predicted molar refractivity (Wildman–Crippen MR) is 116 cm³/mol. The van der Waals surface area contributed by atoms with Gasteiger partial charge in [0.1, 0.15) is 0 Å². The Morgan fingerprint density at radius 2 is 1.21 bits per heavy atom. The van der Waals surface area contributed by atoms with Crippen molar-refractivity contribution >= 4 is 5.97 Å². The van der Waals surface area contributed by atoms with Crippen LogP contribution in [-0.4, -0.2) is 29.5 Å². The fourth-order valence-corrected chi connectivity index (χ4v) is 3.55. The molecule has 0 rings (SSSR count). The summed E-state index contributed by atoms with van der Waals surface area (Å²) in [5.41, 5.74) is 0. The second-order valence-corrected chi connectivity index (χ2v) is 7.57. The molecule has 0 fully saturated rings. The number of unbranched alkanes of at least 4 members (excludes halogenated alkanes) is 6. The van der Waals surface area contributed by atoms with Gasteiger partial charge in [-0.05, 0) is 51.4 Å².